The van der Waals surface area contributed by atoms with Crippen molar-refractivity contribution in [2.24, 2.45) is 10.7 Å². The van der Waals surface area contributed by atoms with Gasteiger partial charge >= 0.3 is 5.91 Å². The first kappa shape index (κ1) is 15.8. The number of benzene rings is 1. The summed E-state index contributed by atoms with van der Waals surface area (Å²) in [7, 11) is 0. The Morgan fingerprint density at radius 3 is 2.33 bits per heavy atom. The maximum atomic E-state index is 6.11. The zero-order valence-electron chi connectivity index (χ0n) is 13.0. The average Bonchev–Trinajstić information content (AvgIpc) is 2.78. The van der Waals surface area contributed by atoms with Gasteiger partial charge in [-0.2, -0.15) is 0 Å². The van der Waals surface area contributed by atoms with Crippen molar-refractivity contribution in [2.75, 3.05) is 19.8 Å². The smallest absolute Gasteiger partial charge is 0.300 e. The zero-order valence-corrected chi connectivity index (χ0v) is 13.0. The summed E-state index contributed by atoms with van der Waals surface area (Å²) in [6, 6.07) is 5.74. The molecule has 0 aromatic heterocycles. The van der Waals surface area contributed by atoms with Gasteiger partial charge in [-0.3, -0.25) is 0 Å². The predicted octanol–water partition coefficient (Wildman–Crippen LogP) is 2.77. The van der Waals surface area contributed by atoms with Crippen molar-refractivity contribution in [3.8, 4) is 5.75 Å². The first-order chi connectivity index (χ1) is 10.2. The number of nitrogens with two attached hydrogens (primary N) is 1. The SMILES string of the molecule is CCCOC1(OCCC)N=C(N)c2c(OCC)cccc21. The molecule has 0 saturated heterocycles. The fourth-order valence-electron chi connectivity index (χ4n) is 2.35. The second-order valence-electron chi connectivity index (χ2n) is 4.89. The summed E-state index contributed by atoms with van der Waals surface area (Å²) in [5.74, 6) is -0.00183. The van der Waals surface area contributed by atoms with Crippen LogP contribution in [0.5, 0.6) is 5.75 Å². The van der Waals surface area contributed by atoms with Gasteiger partial charge in [0.2, 0.25) is 0 Å². The minimum absolute atomic E-state index is 0.404. The minimum atomic E-state index is -1.13. The molecule has 5 heteroatoms. The van der Waals surface area contributed by atoms with E-state index in [9.17, 15) is 0 Å². The molecule has 0 spiro atoms. The Bertz CT molecular complexity index is 506. The fraction of sp³-hybridized carbons (Fsp3) is 0.562. The summed E-state index contributed by atoms with van der Waals surface area (Å²) in [6.45, 7) is 7.72. The van der Waals surface area contributed by atoms with Crippen molar-refractivity contribution in [3.05, 3.63) is 29.3 Å². The molecule has 1 aromatic rings. The van der Waals surface area contributed by atoms with Gasteiger partial charge in [0, 0.05) is 0 Å². The van der Waals surface area contributed by atoms with E-state index in [1.807, 2.05) is 39.0 Å². The van der Waals surface area contributed by atoms with Crippen molar-refractivity contribution in [2.45, 2.75) is 39.5 Å². The number of nitrogens with zero attached hydrogens (tertiary/aromatic N) is 1. The molecule has 1 aliphatic heterocycles. The summed E-state index contributed by atoms with van der Waals surface area (Å²) in [5.41, 5.74) is 7.72. The van der Waals surface area contributed by atoms with E-state index in [0.717, 1.165) is 29.7 Å². The highest BCUT2D eigenvalue weighted by Crippen LogP contribution is 2.41. The molecule has 116 valence electrons. The molecule has 0 radical (unpaired) electrons. The lowest BCUT2D eigenvalue weighted by atomic mass is 10.1. The van der Waals surface area contributed by atoms with Crippen LogP contribution >= 0.6 is 0 Å². The van der Waals surface area contributed by atoms with E-state index in [4.69, 9.17) is 19.9 Å². The monoisotopic (exact) mass is 292 g/mol. The molecule has 0 aliphatic carbocycles. The van der Waals surface area contributed by atoms with E-state index in [0.29, 0.717) is 25.7 Å². The molecule has 0 atom stereocenters. The number of fused-ring (bicyclic) bond motifs is 1. The van der Waals surface area contributed by atoms with Gasteiger partial charge in [0.05, 0.1) is 30.9 Å². The second-order valence-corrected chi connectivity index (χ2v) is 4.89. The van der Waals surface area contributed by atoms with Crippen molar-refractivity contribution in [1.29, 1.82) is 0 Å². The molecule has 0 fully saturated rings. The third-order valence-electron chi connectivity index (χ3n) is 3.19. The van der Waals surface area contributed by atoms with E-state index in [1.165, 1.54) is 0 Å². The highest BCUT2D eigenvalue weighted by atomic mass is 16.7. The number of rotatable bonds is 8. The van der Waals surface area contributed by atoms with Crippen LogP contribution in [0.1, 0.15) is 44.7 Å². The minimum Gasteiger partial charge on any atom is -0.493 e. The maximum Gasteiger partial charge on any atom is 0.300 e. The van der Waals surface area contributed by atoms with Crippen LogP contribution in [-0.2, 0) is 15.4 Å². The van der Waals surface area contributed by atoms with Crippen molar-refractivity contribution in [3.63, 3.8) is 0 Å². The Kier molecular flexibility index (Phi) is 5.20. The first-order valence-electron chi connectivity index (χ1n) is 7.58. The first-order valence-corrected chi connectivity index (χ1v) is 7.58. The molecule has 2 N–H and O–H groups in total. The van der Waals surface area contributed by atoms with E-state index in [-0.39, 0.29) is 0 Å². The molecule has 2 rings (SSSR count). The van der Waals surface area contributed by atoms with Gasteiger partial charge in [-0.25, -0.2) is 4.99 Å². The number of amidine groups is 1. The van der Waals surface area contributed by atoms with Crippen LogP contribution in [0.3, 0.4) is 0 Å². The third kappa shape index (κ3) is 3.04. The Hall–Kier alpha value is -1.59. The highest BCUT2D eigenvalue weighted by Gasteiger charge is 2.43. The number of hydrogen-bond donors (Lipinski definition) is 1. The molecular weight excluding hydrogens is 268 g/mol. The standard InChI is InChI=1S/C16H24N2O3/c1-4-10-20-16(21-11-5-2)12-8-7-9-13(19-6-3)14(12)15(17)18-16/h7-9H,4-6,10-11H2,1-3H3,(H2,17,18). The number of aliphatic imine (C=N–C) groups is 1. The lowest BCUT2D eigenvalue weighted by Crippen LogP contribution is -2.30. The fourth-order valence-corrected chi connectivity index (χ4v) is 2.35. The van der Waals surface area contributed by atoms with Crippen molar-refractivity contribution in [1.82, 2.24) is 0 Å². The molecular formula is C16H24N2O3. The predicted molar refractivity (Wildman–Crippen MR) is 82.5 cm³/mol. The molecule has 1 aromatic carbocycles. The van der Waals surface area contributed by atoms with Crippen molar-refractivity contribution >= 4 is 5.84 Å². The number of hydrogen-bond acceptors (Lipinski definition) is 5. The van der Waals surface area contributed by atoms with E-state index >= 15 is 0 Å². The van der Waals surface area contributed by atoms with E-state index in [2.05, 4.69) is 4.99 Å². The van der Waals surface area contributed by atoms with Gasteiger partial charge in [-0.05, 0) is 25.8 Å². The van der Waals surface area contributed by atoms with E-state index in [1.54, 1.807) is 0 Å². The van der Waals surface area contributed by atoms with Crippen LogP contribution in [0, 0.1) is 0 Å². The summed E-state index contributed by atoms with van der Waals surface area (Å²) >= 11 is 0. The van der Waals surface area contributed by atoms with Gasteiger partial charge in [-0.15, -0.1) is 0 Å². The number of ether oxygens (including phenoxy) is 3. The van der Waals surface area contributed by atoms with Gasteiger partial charge < -0.3 is 19.9 Å². The molecule has 5 nitrogen and oxygen atoms in total. The zero-order chi connectivity index (χ0) is 15.3. The Morgan fingerprint density at radius 2 is 1.76 bits per heavy atom. The summed E-state index contributed by atoms with van der Waals surface area (Å²) in [4.78, 5) is 4.48. The highest BCUT2D eigenvalue weighted by molar-refractivity contribution is 6.04. The molecule has 1 aliphatic rings. The lowest BCUT2D eigenvalue weighted by molar-refractivity contribution is -0.239. The Balaban J connectivity index is 2.44. The summed E-state index contributed by atoms with van der Waals surface area (Å²) < 4.78 is 17.5. The summed E-state index contributed by atoms with van der Waals surface area (Å²) in [5, 5.41) is 0. The lowest BCUT2D eigenvalue weighted by Gasteiger charge is -2.27. The van der Waals surface area contributed by atoms with Gasteiger partial charge in [-0.1, -0.05) is 26.0 Å². The van der Waals surface area contributed by atoms with Gasteiger partial charge in [0.15, 0.2) is 0 Å². The van der Waals surface area contributed by atoms with Gasteiger partial charge in [0.1, 0.15) is 11.6 Å². The second kappa shape index (κ2) is 6.91. The normalized spacial score (nSPS) is 15.7. The molecule has 0 unspecified atom stereocenters. The molecule has 0 bridgehead atoms. The van der Waals surface area contributed by atoms with Crippen LogP contribution in [0.25, 0.3) is 0 Å². The summed E-state index contributed by atoms with van der Waals surface area (Å²) in [6.07, 6.45) is 1.76. The van der Waals surface area contributed by atoms with E-state index < -0.39 is 5.91 Å². The van der Waals surface area contributed by atoms with Crippen LogP contribution in [0.2, 0.25) is 0 Å². The molecule has 0 saturated carbocycles. The molecule has 21 heavy (non-hydrogen) atoms. The maximum absolute atomic E-state index is 6.11. The third-order valence-corrected chi connectivity index (χ3v) is 3.19. The Morgan fingerprint density at radius 1 is 1.10 bits per heavy atom. The molecule has 1 heterocycles. The largest absolute Gasteiger partial charge is 0.493 e. The van der Waals surface area contributed by atoms with Gasteiger partial charge in [0.25, 0.3) is 0 Å². The topological polar surface area (TPSA) is 66.1 Å². The quantitative estimate of drug-likeness (QED) is 0.748. The van der Waals surface area contributed by atoms with Crippen LogP contribution < -0.4 is 10.5 Å². The van der Waals surface area contributed by atoms with Crippen LogP contribution in [0.15, 0.2) is 23.2 Å². The van der Waals surface area contributed by atoms with Crippen LogP contribution in [0.4, 0.5) is 0 Å². The van der Waals surface area contributed by atoms with Crippen LogP contribution in [-0.4, -0.2) is 25.7 Å². The average molecular weight is 292 g/mol. The van der Waals surface area contributed by atoms with Crippen molar-refractivity contribution < 1.29 is 14.2 Å². The molecule has 0 amide bonds. The Labute approximate surface area is 126 Å².